The molecule has 1 saturated heterocycles. The molecule has 0 aromatic heterocycles. The maximum Gasteiger partial charge on any atom is 0.416 e. The number of benzene rings is 2. The molecule has 2 aromatic carbocycles. The standard InChI is InChI=1S/C18H15ClF3N3O6S/c19-14-9-11(18(20,21)22)3-6-16(14)31-12-4-5-15(25(27)28)13(10-12)17(26)23-32(29,30)24-7-1-2-8-24/h3-6,9-10H,1-2,7-8H2,(H,23,26). The van der Waals surface area contributed by atoms with E-state index in [2.05, 4.69) is 0 Å². The van der Waals surface area contributed by atoms with Crippen LogP contribution in [0.1, 0.15) is 28.8 Å². The molecule has 3 rings (SSSR count). The molecule has 1 heterocycles. The first-order valence-corrected chi connectivity index (χ1v) is 10.9. The molecule has 0 spiro atoms. The van der Waals surface area contributed by atoms with Gasteiger partial charge in [0.1, 0.15) is 17.1 Å². The van der Waals surface area contributed by atoms with Crippen LogP contribution in [0.5, 0.6) is 11.5 Å². The third kappa shape index (κ3) is 5.29. The Balaban J connectivity index is 1.89. The lowest BCUT2D eigenvalue weighted by Gasteiger charge is -2.16. The first kappa shape index (κ1) is 23.8. The molecule has 0 saturated carbocycles. The van der Waals surface area contributed by atoms with Gasteiger partial charge in [0.2, 0.25) is 0 Å². The Morgan fingerprint density at radius 2 is 1.81 bits per heavy atom. The number of hydrogen-bond acceptors (Lipinski definition) is 6. The number of rotatable bonds is 6. The Kier molecular flexibility index (Phi) is 6.62. The van der Waals surface area contributed by atoms with Crippen LogP contribution in [0.15, 0.2) is 36.4 Å². The van der Waals surface area contributed by atoms with Gasteiger partial charge in [-0.1, -0.05) is 11.6 Å². The van der Waals surface area contributed by atoms with E-state index in [9.17, 15) is 36.5 Å². The van der Waals surface area contributed by atoms with Gasteiger partial charge in [0.05, 0.1) is 15.5 Å². The fraction of sp³-hybridized carbons (Fsp3) is 0.278. The van der Waals surface area contributed by atoms with Crippen LogP contribution in [-0.2, 0) is 16.4 Å². The number of hydrogen-bond donors (Lipinski definition) is 1. The van der Waals surface area contributed by atoms with Crippen molar-refractivity contribution in [2.45, 2.75) is 19.0 Å². The van der Waals surface area contributed by atoms with Crippen molar-refractivity contribution in [3.05, 3.63) is 62.7 Å². The van der Waals surface area contributed by atoms with Gasteiger partial charge in [0.25, 0.3) is 11.6 Å². The normalized spacial score (nSPS) is 14.9. The van der Waals surface area contributed by atoms with Crippen LogP contribution >= 0.6 is 11.6 Å². The highest BCUT2D eigenvalue weighted by atomic mass is 35.5. The highest BCUT2D eigenvalue weighted by Crippen LogP contribution is 2.37. The fourth-order valence-corrected chi connectivity index (χ4v) is 4.40. The minimum atomic E-state index is -4.62. The predicted octanol–water partition coefficient (Wildman–Crippen LogP) is 4.13. The summed E-state index contributed by atoms with van der Waals surface area (Å²) in [4.78, 5) is 23.0. The zero-order valence-electron chi connectivity index (χ0n) is 16.1. The summed E-state index contributed by atoms with van der Waals surface area (Å²) in [5, 5.41) is 10.9. The molecule has 1 aliphatic rings. The second-order valence-electron chi connectivity index (χ2n) is 6.72. The molecular weight excluding hydrogens is 479 g/mol. The van der Waals surface area contributed by atoms with Crippen LogP contribution in [0.25, 0.3) is 0 Å². The molecule has 32 heavy (non-hydrogen) atoms. The summed E-state index contributed by atoms with van der Waals surface area (Å²) in [6, 6.07) is 5.22. The van der Waals surface area contributed by atoms with Crippen molar-refractivity contribution in [3.8, 4) is 11.5 Å². The number of amides is 1. The lowest BCUT2D eigenvalue weighted by molar-refractivity contribution is -0.385. The van der Waals surface area contributed by atoms with E-state index in [0.29, 0.717) is 18.9 Å². The van der Waals surface area contributed by atoms with Crippen LogP contribution in [0, 0.1) is 10.1 Å². The molecule has 0 atom stereocenters. The van der Waals surface area contributed by atoms with Crippen molar-refractivity contribution < 1.29 is 36.0 Å². The first-order chi connectivity index (χ1) is 14.9. The molecule has 1 fully saturated rings. The molecule has 172 valence electrons. The number of nitro benzene ring substituents is 1. The maximum absolute atomic E-state index is 12.8. The number of carbonyl (C=O) groups is 1. The average molecular weight is 494 g/mol. The van der Waals surface area contributed by atoms with Gasteiger partial charge in [0.15, 0.2) is 0 Å². The van der Waals surface area contributed by atoms with E-state index in [-0.39, 0.29) is 29.6 Å². The molecule has 1 aliphatic heterocycles. The first-order valence-electron chi connectivity index (χ1n) is 9.04. The van der Waals surface area contributed by atoms with Crippen molar-refractivity contribution >= 4 is 33.4 Å². The van der Waals surface area contributed by atoms with Crippen molar-refractivity contribution in [3.63, 3.8) is 0 Å². The van der Waals surface area contributed by atoms with Gasteiger partial charge in [-0.25, -0.2) is 4.72 Å². The highest BCUT2D eigenvalue weighted by molar-refractivity contribution is 7.87. The van der Waals surface area contributed by atoms with Gasteiger partial charge in [-0.3, -0.25) is 14.9 Å². The molecule has 0 bridgehead atoms. The van der Waals surface area contributed by atoms with Crippen LogP contribution in [0.4, 0.5) is 18.9 Å². The van der Waals surface area contributed by atoms with E-state index in [1.807, 2.05) is 0 Å². The number of nitrogens with one attached hydrogen (secondary N) is 1. The zero-order valence-corrected chi connectivity index (χ0v) is 17.6. The van der Waals surface area contributed by atoms with E-state index in [1.54, 1.807) is 4.72 Å². The molecule has 9 nitrogen and oxygen atoms in total. The van der Waals surface area contributed by atoms with E-state index in [4.69, 9.17) is 16.3 Å². The Bertz CT molecular complexity index is 1170. The van der Waals surface area contributed by atoms with Crippen molar-refractivity contribution in [1.29, 1.82) is 0 Å². The molecule has 1 amide bonds. The molecule has 0 unspecified atom stereocenters. The van der Waals surface area contributed by atoms with E-state index >= 15 is 0 Å². The Morgan fingerprint density at radius 1 is 1.16 bits per heavy atom. The minimum Gasteiger partial charge on any atom is -0.456 e. The number of halogens is 4. The molecule has 14 heteroatoms. The van der Waals surface area contributed by atoms with Gasteiger partial charge < -0.3 is 4.74 Å². The summed E-state index contributed by atoms with van der Waals surface area (Å²) >= 11 is 5.83. The third-order valence-electron chi connectivity index (χ3n) is 4.52. The number of carbonyl (C=O) groups excluding carboxylic acids is 1. The summed E-state index contributed by atoms with van der Waals surface area (Å²) in [6.07, 6.45) is -3.39. The van der Waals surface area contributed by atoms with Gasteiger partial charge in [-0.2, -0.15) is 25.9 Å². The topological polar surface area (TPSA) is 119 Å². The van der Waals surface area contributed by atoms with Crippen LogP contribution < -0.4 is 9.46 Å². The van der Waals surface area contributed by atoms with Crippen molar-refractivity contribution in [2.24, 2.45) is 0 Å². The van der Waals surface area contributed by atoms with Crippen LogP contribution in [0.2, 0.25) is 5.02 Å². The molecule has 2 aromatic rings. The molecule has 0 aliphatic carbocycles. The van der Waals surface area contributed by atoms with Gasteiger partial charge in [-0.05, 0) is 37.1 Å². The third-order valence-corrected chi connectivity index (χ3v) is 6.31. The van der Waals surface area contributed by atoms with Gasteiger partial charge in [-0.15, -0.1) is 0 Å². The average Bonchev–Trinajstić information content (AvgIpc) is 3.24. The summed E-state index contributed by atoms with van der Waals surface area (Å²) in [7, 11) is -4.20. The Hall–Kier alpha value is -2.90. The second kappa shape index (κ2) is 8.92. The monoisotopic (exact) mass is 493 g/mol. The lowest BCUT2D eigenvalue weighted by atomic mass is 10.1. The summed E-state index contributed by atoms with van der Waals surface area (Å²) < 4.78 is 71.2. The van der Waals surface area contributed by atoms with Crippen molar-refractivity contribution in [2.75, 3.05) is 13.1 Å². The number of nitro groups is 1. The Labute approximate surface area is 185 Å². The number of nitrogens with zero attached hydrogens (tertiary/aromatic N) is 2. The Morgan fingerprint density at radius 3 is 2.38 bits per heavy atom. The van der Waals surface area contributed by atoms with Crippen LogP contribution in [0.3, 0.4) is 0 Å². The largest absolute Gasteiger partial charge is 0.456 e. The highest BCUT2D eigenvalue weighted by Gasteiger charge is 2.32. The smallest absolute Gasteiger partial charge is 0.416 e. The van der Waals surface area contributed by atoms with E-state index < -0.39 is 44.0 Å². The number of ether oxygens (including phenoxy) is 1. The molecule has 0 radical (unpaired) electrons. The fourth-order valence-electron chi connectivity index (χ4n) is 2.97. The SMILES string of the molecule is O=C(NS(=O)(=O)N1CCCC1)c1cc(Oc2ccc(C(F)(F)F)cc2Cl)ccc1[N+](=O)[O-]. The molecule has 1 N–H and O–H groups in total. The van der Waals surface area contributed by atoms with Crippen molar-refractivity contribution in [1.82, 2.24) is 9.03 Å². The van der Waals surface area contributed by atoms with E-state index in [0.717, 1.165) is 34.6 Å². The van der Waals surface area contributed by atoms with Crippen LogP contribution in [-0.4, -0.2) is 36.6 Å². The number of alkyl halides is 3. The second-order valence-corrected chi connectivity index (χ2v) is 8.80. The summed E-state index contributed by atoms with van der Waals surface area (Å²) in [6.45, 7) is 0.417. The summed E-state index contributed by atoms with van der Waals surface area (Å²) in [5.41, 5.74) is -2.31. The summed E-state index contributed by atoms with van der Waals surface area (Å²) in [5.74, 6) is -1.64. The van der Waals surface area contributed by atoms with Gasteiger partial charge in [0, 0.05) is 25.2 Å². The molecular formula is C18H15ClF3N3O6S. The predicted molar refractivity (Wildman–Crippen MR) is 107 cm³/mol. The maximum atomic E-state index is 12.8. The van der Waals surface area contributed by atoms with E-state index in [1.165, 1.54) is 0 Å². The van der Waals surface area contributed by atoms with Gasteiger partial charge >= 0.3 is 16.4 Å². The quantitative estimate of drug-likeness (QED) is 0.477. The zero-order chi connectivity index (χ0) is 23.7. The minimum absolute atomic E-state index is 0.180. The lowest BCUT2D eigenvalue weighted by Crippen LogP contribution is -2.42.